The predicted molar refractivity (Wildman–Crippen MR) is 84.9 cm³/mol. The summed E-state index contributed by atoms with van der Waals surface area (Å²) in [5, 5.41) is 12.3. The summed E-state index contributed by atoms with van der Waals surface area (Å²) >= 11 is 0. The van der Waals surface area contributed by atoms with E-state index < -0.39 is 0 Å². The van der Waals surface area contributed by atoms with Crippen molar-refractivity contribution in [2.45, 2.75) is 32.2 Å². The lowest BCUT2D eigenvalue weighted by Gasteiger charge is -2.19. The van der Waals surface area contributed by atoms with Crippen LogP contribution in [0.15, 0.2) is 24.3 Å². The molecular formula is C16H21N5O2. The summed E-state index contributed by atoms with van der Waals surface area (Å²) in [6.45, 7) is 1.80. The quantitative estimate of drug-likeness (QED) is 0.859. The molecule has 1 saturated heterocycles. The van der Waals surface area contributed by atoms with Gasteiger partial charge >= 0.3 is 0 Å². The molecule has 0 spiro atoms. The van der Waals surface area contributed by atoms with Crippen LogP contribution in [0.25, 0.3) is 11.4 Å². The van der Waals surface area contributed by atoms with Crippen molar-refractivity contribution in [3.05, 3.63) is 24.3 Å². The lowest BCUT2D eigenvalue weighted by atomic mass is 10.2. The number of tetrazole rings is 1. The van der Waals surface area contributed by atoms with Gasteiger partial charge in [-0.15, -0.1) is 10.2 Å². The highest BCUT2D eigenvalue weighted by atomic mass is 16.5. The van der Waals surface area contributed by atoms with Gasteiger partial charge in [-0.05, 0) is 30.2 Å². The van der Waals surface area contributed by atoms with Crippen molar-refractivity contribution in [2.75, 3.05) is 20.2 Å². The summed E-state index contributed by atoms with van der Waals surface area (Å²) in [4.78, 5) is 15.6. The van der Waals surface area contributed by atoms with E-state index in [2.05, 4.69) is 15.4 Å². The zero-order chi connectivity index (χ0) is 16.1. The van der Waals surface area contributed by atoms with Gasteiger partial charge in [0.1, 0.15) is 12.3 Å². The smallest absolute Gasteiger partial charge is 0.246 e. The van der Waals surface area contributed by atoms with Crippen LogP contribution >= 0.6 is 0 Å². The molecule has 0 saturated carbocycles. The largest absolute Gasteiger partial charge is 0.497 e. The number of hydrogen-bond acceptors (Lipinski definition) is 5. The van der Waals surface area contributed by atoms with Crippen LogP contribution in [-0.4, -0.2) is 51.2 Å². The molecule has 0 N–H and O–H groups in total. The maximum absolute atomic E-state index is 12.3. The Kier molecular flexibility index (Phi) is 4.85. The van der Waals surface area contributed by atoms with Gasteiger partial charge in [-0.2, -0.15) is 4.80 Å². The molecule has 7 heteroatoms. The molecule has 1 aliphatic rings. The number of rotatable bonds is 4. The van der Waals surface area contributed by atoms with Crippen LogP contribution in [0.1, 0.15) is 25.7 Å². The van der Waals surface area contributed by atoms with E-state index in [1.165, 1.54) is 17.6 Å². The summed E-state index contributed by atoms with van der Waals surface area (Å²) in [5.74, 6) is 1.29. The van der Waals surface area contributed by atoms with Crippen molar-refractivity contribution < 1.29 is 9.53 Å². The Morgan fingerprint density at radius 2 is 2.00 bits per heavy atom. The number of amides is 1. The Morgan fingerprint density at radius 3 is 2.74 bits per heavy atom. The van der Waals surface area contributed by atoms with Crippen LogP contribution < -0.4 is 4.74 Å². The third-order valence-electron chi connectivity index (χ3n) is 4.02. The number of nitrogens with zero attached hydrogens (tertiary/aromatic N) is 5. The van der Waals surface area contributed by atoms with Crippen LogP contribution in [0, 0.1) is 0 Å². The fourth-order valence-corrected chi connectivity index (χ4v) is 2.73. The third-order valence-corrected chi connectivity index (χ3v) is 4.02. The van der Waals surface area contributed by atoms with E-state index in [9.17, 15) is 4.79 Å². The summed E-state index contributed by atoms with van der Waals surface area (Å²) in [6.07, 6.45) is 4.55. The molecule has 23 heavy (non-hydrogen) atoms. The summed E-state index contributed by atoms with van der Waals surface area (Å²) < 4.78 is 5.20. The SMILES string of the molecule is COc1cccc(-c2nnn(CC(=O)N3CCCCCC3)n2)c1. The first kappa shape index (κ1) is 15.5. The molecule has 0 aliphatic carbocycles. The molecule has 1 aliphatic heterocycles. The Balaban J connectivity index is 1.67. The zero-order valence-electron chi connectivity index (χ0n) is 13.3. The Morgan fingerprint density at radius 1 is 1.22 bits per heavy atom. The summed E-state index contributed by atoms with van der Waals surface area (Å²) in [5.41, 5.74) is 0.817. The van der Waals surface area contributed by atoms with Gasteiger partial charge in [-0.1, -0.05) is 25.0 Å². The van der Waals surface area contributed by atoms with Gasteiger partial charge in [0, 0.05) is 18.7 Å². The number of aromatic nitrogens is 4. The molecule has 3 rings (SSSR count). The molecule has 0 unspecified atom stereocenters. The highest BCUT2D eigenvalue weighted by Gasteiger charge is 2.17. The second-order valence-corrected chi connectivity index (χ2v) is 5.67. The lowest BCUT2D eigenvalue weighted by molar-refractivity contribution is -0.132. The van der Waals surface area contributed by atoms with E-state index in [0.29, 0.717) is 5.82 Å². The predicted octanol–water partition coefficient (Wildman–Crippen LogP) is 1.75. The van der Waals surface area contributed by atoms with Crippen LogP contribution in [0.5, 0.6) is 5.75 Å². The van der Waals surface area contributed by atoms with Crippen molar-refractivity contribution >= 4 is 5.91 Å². The molecule has 0 atom stereocenters. The third kappa shape index (κ3) is 3.85. The van der Waals surface area contributed by atoms with Gasteiger partial charge < -0.3 is 9.64 Å². The van der Waals surface area contributed by atoms with Gasteiger partial charge in [0.15, 0.2) is 0 Å². The second-order valence-electron chi connectivity index (χ2n) is 5.67. The summed E-state index contributed by atoms with van der Waals surface area (Å²) in [7, 11) is 1.61. The number of hydrogen-bond donors (Lipinski definition) is 0. The monoisotopic (exact) mass is 315 g/mol. The molecule has 1 aromatic carbocycles. The Hall–Kier alpha value is -2.44. The minimum absolute atomic E-state index is 0.0569. The molecule has 2 aromatic rings. The molecule has 122 valence electrons. The van der Waals surface area contributed by atoms with Crippen molar-refractivity contribution in [3.8, 4) is 17.1 Å². The molecule has 1 aromatic heterocycles. The molecule has 2 heterocycles. The molecule has 0 bridgehead atoms. The number of carbonyl (C=O) groups is 1. The van der Waals surface area contributed by atoms with E-state index >= 15 is 0 Å². The van der Waals surface area contributed by atoms with E-state index in [-0.39, 0.29) is 12.5 Å². The molecule has 7 nitrogen and oxygen atoms in total. The first-order chi connectivity index (χ1) is 11.3. The fraction of sp³-hybridized carbons (Fsp3) is 0.500. The zero-order valence-corrected chi connectivity index (χ0v) is 13.3. The van der Waals surface area contributed by atoms with Crippen molar-refractivity contribution in [3.63, 3.8) is 0 Å². The van der Waals surface area contributed by atoms with Gasteiger partial charge in [0.05, 0.1) is 7.11 Å². The van der Waals surface area contributed by atoms with E-state index in [1.54, 1.807) is 7.11 Å². The van der Waals surface area contributed by atoms with E-state index in [0.717, 1.165) is 37.2 Å². The van der Waals surface area contributed by atoms with Gasteiger partial charge in [-0.25, -0.2) is 0 Å². The van der Waals surface area contributed by atoms with E-state index in [1.807, 2.05) is 29.2 Å². The normalized spacial score (nSPS) is 15.3. The topological polar surface area (TPSA) is 73.1 Å². The number of benzene rings is 1. The van der Waals surface area contributed by atoms with Crippen LogP contribution in [0.3, 0.4) is 0 Å². The van der Waals surface area contributed by atoms with Gasteiger partial charge in [0.25, 0.3) is 0 Å². The fourth-order valence-electron chi connectivity index (χ4n) is 2.73. The number of methoxy groups -OCH3 is 1. The minimum Gasteiger partial charge on any atom is -0.497 e. The van der Waals surface area contributed by atoms with Gasteiger partial charge in [0.2, 0.25) is 11.7 Å². The van der Waals surface area contributed by atoms with Crippen molar-refractivity contribution in [1.29, 1.82) is 0 Å². The molecule has 1 fully saturated rings. The van der Waals surface area contributed by atoms with Crippen molar-refractivity contribution in [1.82, 2.24) is 25.1 Å². The van der Waals surface area contributed by atoms with Crippen LogP contribution in [0.2, 0.25) is 0 Å². The standard InChI is InChI=1S/C16H21N5O2/c1-23-14-8-6-7-13(11-14)16-17-19-21(18-16)12-15(22)20-9-4-2-3-5-10-20/h6-8,11H,2-5,9-10,12H2,1H3. The Bertz CT molecular complexity index is 662. The van der Waals surface area contributed by atoms with E-state index in [4.69, 9.17) is 4.74 Å². The van der Waals surface area contributed by atoms with Crippen molar-refractivity contribution in [2.24, 2.45) is 0 Å². The lowest BCUT2D eigenvalue weighted by Crippen LogP contribution is -2.35. The average molecular weight is 315 g/mol. The maximum Gasteiger partial charge on any atom is 0.246 e. The van der Waals surface area contributed by atoms with Crippen LogP contribution in [-0.2, 0) is 11.3 Å². The number of carbonyl (C=O) groups excluding carboxylic acids is 1. The molecular weight excluding hydrogens is 294 g/mol. The number of ether oxygens (including phenoxy) is 1. The summed E-state index contributed by atoms with van der Waals surface area (Å²) in [6, 6.07) is 7.46. The molecule has 0 radical (unpaired) electrons. The molecule has 1 amide bonds. The average Bonchev–Trinajstić information content (AvgIpc) is 2.87. The highest BCUT2D eigenvalue weighted by molar-refractivity contribution is 5.75. The first-order valence-electron chi connectivity index (χ1n) is 7.96. The van der Waals surface area contributed by atoms with Crippen LogP contribution in [0.4, 0.5) is 0 Å². The Labute approximate surface area is 135 Å². The first-order valence-corrected chi connectivity index (χ1v) is 7.96. The number of likely N-dealkylation sites (tertiary alicyclic amines) is 1. The minimum atomic E-state index is 0.0569. The highest BCUT2D eigenvalue weighted by Crippen LogP contribution is 2.19. The second kappa shape index (κ2) is 7.21. The maximum atomic E-state index is 12.3. The van der Waals surface area contributed by atoms with Gasteiger partial charge in [-0.3, -0.25) is 4.79 Å².